The van der Waals surface area contributed by atoms with E-state index >= 15 is 0 Å². The van der Waals surface area contributed by atoms with E-state index in [1.807, 2.05) is 0 Å². The van der Waals surface area contributed by atoms with Gasteiger partial charge in [-0.15, -0.1) is 0 Å². The van der Waals surface area contributed by atoms with E-state index in [1.165, 1.54) is 26.2 Å². The molecule has 2 amide bonds. The van der Waals surface area contributed by atoms with Crippen LogP contribution in [-0.2, 0) is 14.3 Å². The Kier molecular flexibility index (Phi) is 5.50. The molecule has 8 heteroatoms. The molecule has 128 valence electrons. The van der Waals surface area contributed by atoms with Crippen LogP contribution >= 0.6 is 11.8 Å². The van der Waals surface area contributed by atoms with Crippen molar-refractivity contribution in [1.82, 2.24) is 4.90 Å². The molecule has 0 unspecified atom stereocenters. The van der Waals surface area contributed by atoms with Crippen molar-refractivity contribution in [2.24, 2.45) is 0 Å². The molecule has 1 heterocycles. The van der Waals surface area contributed by atoms with Gasteiger partial charge in [-0.05, 0) is 49.4 Å². The monoisotopic (exact) mass is 351 g/mol. The van der Waals surface area contributed by atoms with Crippen LogP contribution in [0.25, 0.3) is 6.08 Å². The van der Waals surface area contributed by atoms with Crippen LogP contribution in [0.2, 0.25) is 0 Å². The lowest BCUT2D eigenvalue weighted by atomic mass is 10.1. The van der Waals surface area contributed by atoms with E-state index in [0.717, 1.165) is 16.7 Å². The smallest absolute Gasteiger partial charge is 0.328 e. The van der Waals surface area contributed by atoms with Gasteiger partial charge in [0, 0.05) is 0 Å². The Morgan fingerprint density at radius 2 is 2.12 bits per heavy atom. The normalized spacial score (nSPS) is 17.3. The minimum Gasteiger partial charge on any atom is -0.504 e. The second-order valence-corrected chi connectivity index (χ2v) is 5.90. The molecular weight excluding hydrogens is 334 g/mol. The predicted molar refractivity (Wildman–Crippen MR) is 88.6 cm³/mol. The van der Waals surface area contributed by atoms with Gasteiger partial charge in [0.05, 0.1) is 18.6 Å². The van der Waals surface area contributed by atoms with Crippen LogP contribution in [0.4, 0.5) is 4.79 Å². The first-order valence-electron chi connectivity index (χ1n) is 7.19. The number of phenols is 1. The van der Waals surface area contributed by atoms with Crippen molar-refractivity contribution < 1.29 is 29.0 Å². The lowest BCUT2D eigenvalue weighted by Crippen LogP contribution is -2.42. The van der Waals surface area contributed by atoms with Gasteiger partial charge in [0.1, 0.15) is 6.04 Å². The number of esters is 1. The summed E-state index contributed by atoms with van der Waals surface area (Å²) in [6.45, 7) is 3.59. The first-order valence-corrected chi connectivity index (χ1v) is 8.01. The summed E-state index contributed by atoms with van der Waals surface area (Å²) >= 11 is 0.744. The van der Waals surface area contributed by atoms with Gasteiger partial charge in [-0.1, -0.05) is 6.07 Å². The molecule has 0 saturated carbocycles. The summed E-state index contributed by atoms with van der Waals surface area (Å²) in [5.74, 6) is -0.953. The Morgan fingerprint density at radius 1 is 1.42 bits per heavy atom. The molecule has 0 bridgehead atoms. The first-order chi connectivity index (χ1) is 11.4. The number of imide groups is 1. The maximum atomic E-state index is 12.4. The van der Waals surface area contributed by atoms with Crippen molar-refractivity contribution in [1.29, 1.82) is 0 Å². The number of thioether (sulfide) groups is 1. The summed E-state index contributed by atoms with van der Waals surface area (Å²) in [6.07, 6.45) is 1.51. The van der Waals surface area contributed by atoms with E-state index in [1.54, 1.807) is 19.1 Å². The molecule has 24 heavy (non-hydrogen) atoms. The number of ether oxygens (including phenoxy) is 2. The first kappa shape index (κ1) is 17.9. The van der Waals surface area contributed by atoms with Crippen molar-refractivity contribution >= 4 is 35.0 Å². The summed E-state index contributed by atoms with van der Waals surface area (Å²) in [5.41, 5.74) is 0.590. The molecule has 0 spiro atoms. The van der Waals surface area contributed by atoms with Crippen LogP contribution in [0.3, 0.4) is 0 Å². The number of hydrogen-bond acceptors (Lipinski definition) is 7. The fourth-order valence-electron chi connectivity index (χ4n) is 2.13. The van der Waals surface area contributed by atoms with Crippen molar-refractivity contribution in [3.8, 4) is 11.5 Å². The van der Waals surface area contributed by atoms with E-state index in [2.05, 4.69) is 4.74 Å². The number of hydrogen-bond donors (Lipinski definition) is 1. The third-order valence-electron chi connectivity index (χ3n) is 3.33. The van der Waals surface area contributed by atoms with Crippen molar-refractivity contribution in [2.75, 3.05) is 13.7 Å². The SMILES string of the molecule is CCOc1cc(/C=C2/SC(=O)N([C@H](C)C(=O)OC)C2=O)ccc1O. The summed E-state index contributed by atoms with van der Waals surface area (Å²) in [7, 11) is 1.19. The Bertz CT molecular complexity index is 715. The quantitative estimate of drug-likeness (QED) is 0.643. The van der Waals surface area contributed by atoms with Gasteiger partial charge in [-0.2, -0.15) is 0 Å². The number of methoxy groups -OCH3 is 1. The molecule has 1 aromatic carbocycles. The summed E-state index contributed by atoms with van der Waals surface area (Å²) < 4.78 is 9.86. The van der Waals surface area contributed by atoms with Gasteiger partial charge in [0.2, 0.25) is 0 Å². The van der Waals surface area contributed by atoms with Crippen LogP contribution in [0.5, 0.6) is 11.5 Å². The van der Waals surface area contributed by atoms with Crippen LogP contribution in [0.1, 0.15) is 19.4 Å². The van der Waals surface area contributed by atoms with Crippen molar-refractivity contribution in [2.45, 2.75) is 19.9 Å². The topological polar surface area (TPSA) is 93.1 Å². The van der Waals surface area contributed by atoms with Gasteiger partial charge in [0.25, 0.3) is 11.1 Å². The highest BCUT2D eigenvalue weighted by Crippen LogP contribution is 2.35. The molecule has 0 radical (unpaired) electrons. The van der Waals surface area contributed by atoms with Crippen LogP contribution in [0, 0.1) is 0 Å². The number of nitrogens with zero attached hydrogens (tertiary/aromatic N) is 1. The van der Waals surface area contributed by atoms with E-state index in [-0.39, 0.29) is 16.4 Å². The molecule has 0 aromatic heterocycles. The average molecular weight is 351 g/mol. The standard InChI is InChI=1S/C16H17NO6S/c1-4-23-12-7-10(5-6-11(12)18)8-13-14(19)17(16(21)24-13)9(2)15(20)22-3/h5-9,18H,4H2,1-3H3/b13-8+/t9-/m1/s1. The zero-order chi connectivity index (χ0) is 17.9. The number of carbonyl (C=O) groups is 3. The molecule has 1 N–H and O–H groups in total. The third-order valence-corrected chi connectivity index (χ3v) is 4.22. The number of amides is 2. The minimum atomic E-state index is -0.993. The molecule has 7 nitrogen and oxygen atoms in total. The molecule has 0 aliphatic carbocycles. The van der Waals surface area contributed by atoms with Crippen LogP contribution in [-0.4, -0.2) is 46.9 Å². The Labute approximate surface area is 143 Å². The van der Waals surface area contributed by atoms with E-state index in [4.69, 9.17) is 4.74 Å². The Morgan fingerprint density at radius 3 is 2.75 bits per heavy atom. The maximum absolute atomic E-state index is 12.4. The summed E-state index contributed by atoms with van der Waals surface area (Å²) in [4.78, 5) is 37.0. The highest BCUT2D eigenvalue weighted by Gasteiger charge is 2.41. The van der Waals surface area contributed by atoms with Gasteiger partial charge in [-0.25, -0.2) is 4.79 Å². The van der Waals surface area contributed by atoms with Crippen LogP contribution < -0.4 is 4.74 Å². The summed E-state index contributed by atoms with van der Waals surface area (Å²) in [6, 6.07) is 3.61. The predicted octanol–water partition coefficient (Wildman–Crippen LogP) is 2.39. The number of aromatic hydroxyl groups is 1. The number of carbonyl (C=O) groups excluding carboxylic acids is 3. The fourth-order valence-corrected chi connectivity index (χ4v) is 3.04. The Balaban J connectivity index is 2.29. The van der Waals surface area contributed by atoms with E-state index in [9.17, 15) is 19.5 Å². The Hall–Kier alpha value is -2.48. The molecule has 1 aliphatic heterocycles. The lowest BCUT2D eigenvalue weighted by Gasteiger charge is -2.18. The third kappa shape index (κ3) is 3.53. The molecule has 2 rings (SSSR count). The zero-order valence-electron chi connectivity index (χ0n) is 13.4. The molecule has 1 aromatic rings. The minimum absolute atomic E-state index is 0.0126. The molecule has 1 atom stereocenters. The van der Waals surface area contributed by atoms with Crippen molar-refractivity contribution in [3.05, 3.63) is 28.7 Å². The van der Waals surface area contributed by atoms with Gasteiger partial charge in [-0.3, -0.25) is 14.5 Å². The molecule has 1 saturated heterocycles. The number of rotatable bonds is 5. The zero-order valence-corrected chi connectivity index (χ0v) is 14.3. The second kappa shape index (κ2) is 7.39. The molecule has 1 fully saturated rings. The van der Waals surface area contributed by atoms with Crippen molar-refractivity contribution in [3.63, 3.8) is 0 Å². The molecule has 1 aliphatic rings. The fraction of sp³-hybridized carbons (Fsp3) is 0.312. The lowest BCUT2D eigenvalue weighted by molar-refractivity contribution is -0.148. The van der Waals surface area contributed by atoms with Crippen LogP contribution in [0.15, 0.2) is 23.1 Å². The number of benzene rings is 1. The molecular formula is C16H17NO6S. The van der Waals surface area contributed by atoms with E-state index < -0.39 is 23.2 Å². The largest absolute Gasteiger partial charge is 0.504 e. The summed E-state index contributed by atoms with van der Waals surface area (Å²) in [5, 5.41) is 9.16. The maximum Gasteiger partial charge on any atom is 0.328 e. The highest BCUT2D eigenvalue weighted by atomic mass is 32.2. The second-order valence-electron chi connectivity index (χ2n) is 4.91. The highest BCUT2D eigenvalue weighted by molar-refractivity contribution is 8.18. The van der Waals surface area contributed by atoms with Gasteiger partial charge < -0.3 is 14.6 Å². The van der Waals surface area contributed by atoms with E-state index in [0.29, 0.717) is 12.2 Å². The number of phenolic OH excluding ortho intramolecular Hbond substituents is 1. The average Bonchev–Trinajstić information content (AvgIpc) is 2.83. The van der Waals surface area contributed by atoms with Gasteiger partial charge in [0.15, 0.2) is 11.5 Å². The van der Waals surface area contributed by atoms with Gasteiger partial charge >= 0.3 is 5.97 Å².